The van der Waals surface area contributed by atoms with Crippen molar-refractivity contribution in [3.05, 3.63) is 36.4 Å². The van der Waals surface area contributed by atoms with Crippen LogP contribution in [0.4, 0.5) is 0 Å². The van der Waals surface area contributed by atoms with E-state index in [0.29, 0.717) is 5.92 Å². The lowest BCUT2D eigenvalue weighted by atomic mass is 9.84. The molecule has 1 aliphatic carbocycles. The van der Waals surface area contributed by atoms with Crippen molar-refractivity contribution in [1.82, 2.24) is 0 Å². The molecule has 0 heterocycles. The predicted octanol–water partition coefficient (Wildman–Crippen LogP) is 3.82. The Morgan fingerprint density at radius 3 is 2.76 bits per heavy atom. The minimum atomic E-state index is 0.595. The Morgan fingerprint density at radius 2 is 2.00 bits per heavy atom. The third-order valence-corrected chi connectivity index (χ3v) is 3.42. The van der Waals surface area contributed by atoms with Crippen LogP contribution in [0.2, 0.25) is 0 Å². The monoisotopic (exact) mass is 233 g/mol. The summed E-state index contributed by atoms with van der Waals surface area (Å²) in [5, 5.41) is 0. The molecule has 1 atom stereocenters. The normalized spacial score (nSPS) is 21.4. The fourth-order valence-electron chi connectivity index (χ4n) is 2.46. The van der Waals surface area contributed by atoms with E-state index in [1.807, 2.05) is 30.3 Å². The summed E-state index contributed by atoms with van der Waals surface area (Å²) in [6, 6.07) is 10.0. The summed E-state index contributed by atoms with van der Waals surface area (Å²) in [6.45, 7) is 0.779. The summed E-state index contributed by atoms with van der Waals surface area (Å²) in [6.07, 6.45) is 7.32. The highest BCUT2D eigenvalue weighted by atomic mass is 16.5. The van der Waals surface area contributed by atoms with E-state index in [9.17, 15) is 0 Å². The van der Waals surface area contributed by atoms with Gasteiger partial charge < -0.3 is 9.47 Å². The van der Waals surface area contributed by atoms with E-state index in [-0.39, 0.29) is 0 Å². The van der Waals surface area contributed by atoms with Crippen LogP contribution in [0.1, 0.15) is 32.1 Å². The van der Waals surface area contributed by atoms with Crippen molar-refractivity contribution in [1.29, 1.82) is 0 Å². The fraction of sp³-hybridized carbons (Fsp3) is 0.533. The fourth-order valence-corrected chi connectivity index (χ4v) is 2.46. The number of para-hydroxylation sites is 1. The van der Waals surface area contributed by atoms with Gasteiger partial charge in [0.2, 0.25) is 0 Å². The lowest BCUT2D eigenvalue weighted by molar-refractivity contribution is 0.106. The number of hydrogen-bond acceptors (Lipinski definition) is 2. The highest BCUT2D eigenvalue weighted by molar-refractivity contribution is 5.20. The molecule has 1 fully saturated rings. The number of hydrogen-bond donors (Lipinski definition) is 0. The van der Waals surface area contributed by atoms with Crippen LogP contribution in [0.25, 0.3) is 0 Å². The summed E-state index contributed by atoms with van der Waals surface area (Å²) < 4.78 is 11.2. The quantitative estimate of drug-likeness (QED) is 0.769. The van der Waals surface area contributed by atoms with Crippen molar-refractivity contribution in [2.45, 2.75) is 32.1 Å². The molecule has 0 saturated heterocycles. The molecule has 0 spiro atoms. The molecular formula is C15H21O2. The van der Waals surface area contributed by atoms with Gasteiger partial charge >= 0.3 is 0 Å². The van der Waals surface area contributed by atoms with Gasteiger partial charge in [-0.1, -0.05) is 31.0 Å². The van der Waals surface area contributed by atoms with Gasteiger partial charge in [-0.15, -0.1) is 0 Å². The topological polar surface area (TPSA) is 18.5 Å². The molecule has 1 radical (unpaired) electrons. The maximum Gasteiger partial charge on any atom is 0.119 e. The molecule has 0 aromatic heterocycles. The van der Waals surface area contributed by atoms with Gasteiger partial charge in [-0.25, -0.2) is 0 Å². The average molecular weight is 233 g/mol. The smallest absolute Gasteiger partial charge is 0.119 e. The maximum atomic E-state index is 5.73. The third kappa shape index (κ3) is 3.74. The summed E-state index contributed by atoms with van der Waals surface area (Å²) in [5.74, 6) is 1.56. The first kappa shape index (κ1) is 12.4. The summed E-state index contributed by atoms with van der Waals surface area (Å²) in [4.78, 5) is 0. The van der Waals surface area contributed by atoms with Crippen molar-refractivity contribution in [3.63, 3.8) is 0 Å². The van der Waals surface area contributed by atoms with E-state index in [1.54, 1.807) is 7.11 Å². The van der Waals surface area contributed by atoms with Crippen molar-refractivity contribution >= 4 is 0 Å². The second-order valence-electron chi connectivity index (χ2n) is 4.56. The minimum Gasteiger partial charge on any atom is -0.494 e. The Hall–Kier alpha value is -1.02. The molecule has 0 bridgehead atoms. The van der Waals surface area contributed by atoms with E-state index in [2.05, 4.69) is 0 Å². The Balaban J connectivity index is 1.74. The molecule has 1 aromatic carbocycles. The molecule has 0 amide bonds. The lowest BCUT2D eigenvalue weighted by Gasteiger charge is -2.29. The van der Waals surface area contributed by atoms with Gasteiger partial charge in [0.1, 0.15) is 5.75 Å². The first-order valence-electron chi connectivity index (χ1n) is 6.47. The second-order valence-corrected chi connectivity index (χ2v) is 4.56. The highest BCUT2D eigenvalue weighted by Gasteiger charge is 2.25. The van der Waals surface area contributed by atoms with Crippen molar-refractivity contribution in [2.24, 2.45) is 5.92 Å². The lowest BCUT2D eigenvalue weighted by Crippen LogP contribution is -2.21. The van der Waals surface area contributed by atoms with Crippen LogP contribution in [0.3, 0.4) is 0 Å². The third-order valence-electron chi connectivity index (χ3n) is 3.42. The van der Waals surface area contributed by atoms with Gasteiger partial charge in [0, 0.05) is 7.11 Å². The largest absolute Gasteiger partial charge is 0.494 e. The van der Waals surface area contributed by atoms with E-state index in [4.69, 9.17) is 9.47 Å². The van der Waals surface area contributed by atoms with Crippen molar-refractivity contribution < 1.29 is 9.47 Å². The molecule has 1 unspecified atom stereocenters. The molecule has 1 aliphatic rings. The number of rotatable bonds is 5. The zero-order valence-corrected chi connectivity index (χ0v) is 10.5. The number of methoxy groups -OCH3 is 1. The molecule has 2 rings (SSSR count). The van der Waals surface area contributed by atoms with Gasteiger partial charge in [-0.2, -0.15) is 0 Å². The Morgan fingerprint density at radius 1 is 1.18 bits per heavy atom. The van der Waals surface area contributed by atoms with Crippen LogP contribution >= 0.6 is 0 Å². The minimum absolute atomic E-state index is 0.595. The molecule has 2 heteroatoms. The predicted molar refractivity (Wildman–Crippen MR) is 68.8 cm³/mol. The van der Waals surface area contributed by atoms with Gasteiger partial charge in [-0.3, -0.25) is 0 Å². The summed E-state index contributed by atoms with van der Waals surface area (Å²) in [5.41, 5.74) is 0. The van der Waals surface area contributed by atoms with Crippen LogP contribution in [-0.4, -0.2) is 13.7 Å². The van der Waals surface area contributed by atoms with E-state index in [1.165, 1.54) is 25.4 Å². The zero-order valence-electron chi connectivity index (χ0n) is 10.5. The number of ether oxygens (including phenoxy) is 2. The molecule has 2 nitrogen and oxygen atoms in total. The van der Waals surface area contributed by atoms with Gasteiger partial charge in [-0.05, 0) is 37.3 Å². The molecule has 1 saturated carbocycles. The van der Waals surface area contributed by atoms with Crippen LogP contribution in [-0.2, 0) is 4.74 Å². The SMILES string of the molecule is CO[C]1CCCCC1CCOc1ccccc1. The van der Waals surface area contributed by atoms with Crippen LogP contribution in [0.15, 0.2) is 30.3 Å². The summed E-state index contributed by atoms with van der Waals surface area (Å²) >= 11 is 0. The van der Waals surface area contributed by atoms with E-state index < -0.39 is 0 Å². The first-order valence-corrected chi connectivity index (χ1v) is 6.47. The average Bonchev–Trinajstić information content (AvgIpc) is 2.40. The Labute approximate surface area is 104 Å². The Kier molecular flexibility index (Phi) is 4.87. The highest BCUT2D eigenvalue weighted by Crippen LogP contribution is 2.34. The van der Waals surface area contributed by atoms with E-state index in [0.717, 1.165) is 25.2 Å². The van der Waals surface area contributed by atoms with E-state index >= 15 is 0 Å². The summed E-state index contributed by atoms with van der Waals surface area (Å²) in [7, 11) is 1.80. The molecule has 1 aromatic rings. The maximum absolute atomic E-state index is 5.73. The van der Waals surface area contributed by atoms with Gasteiger partial charge in [0.05, 0.1) is 12.7 Å². The Bertz CT molecular complexity index is 310. The molecule has 17 heavy (non-hydrogen) atoms. The molecule has 93 valence electrons. The van der Waals surface area contributed by atoms with Crippen LogP contribution < -0.4 is 4.74 Å². The molecular weight excluding hydrogens is 212 g/mol. The van der Waals surface area contributed by atoms with Crippen molar-refractivity contribution in [2.75, 3.05) is 13.7 Å². The van der Waals surface area contributed by atoms with Crippen LogP contribution in [0, 0.1) is 12.0 Å². The first-order chi connectivity index (χ1) is 8.40. The van der Waals surface area contributed by atoms with Crippen molar-refractivity contribution in [3.8, 4) is 5.75 Å². The molecule has 0 N–H and O–H groups in total. The van der Waals surface area contributed by atoms with Gasteiger partial charge in [0.15, 0.2) is 0 Å². The second kappa shape index (κ2) is 6.65. The number of benzene rings is 1. The molecule has 0 aliphatic heterocycles. The van der Waals surface area contributed by atoms with Crippen LogP contribution in [0.5, 0.6) is 5.75 Å². The zero-order chi connectivity index (χ0) is 11.9. The standard InChI is InChI=1S/C15H21O2/c1-16-15-10-6-5-7-13(15)11-12-17-14-8-3-2-4-9-14/h2-4,8-9,13H,5-7,10-12H2,1H3. The van der Waals surface area contributed by atoms with Gasteiger partial charge in [0.25, 0.3) is 0 Å².